The van der Waals surface area contributed by atoms with Gasteiger partial charge in [-0.15, -0.1) is 0 Å². The highest BCUT2D eigenvalue weighted by Crippen LogP contribution is 2.09. The maximum atomic E-state index is 10.4. The fourth-order valence-electron chi connectivity index (χ4n) is 2.60. The molecule has 0 aliphatic rings. The summed E-state index contributed by atoms with van der Waals surface area (Å²) in [6.07, 6.45) is 15.9. The van der Waals surface area contributed by atoms with Crippen LogP contribution in [0.5, 0.6) is 0 Å². The van der Waals surface area contributed by atoms with Gasteiger partial charge in [-0.3, -0.25) is 0 Å². The SMILES string of the molecule is CCCCCCCCCCN(CCCC=O)CCCC=O. The average molecular weight is 297 g/mol. The summed E-state index contributed by atoms with van der Waals surface area (Å²) in [5.41, 5.74) is 0. The van der Waals surface area contributed by atoms with Crippen molar-refractivity contribution in [3.05, 3.63) is 0 Å². The van der Waals surface area contributed by atoms with E-state index in [4.69, 9.17) is 0 Å². The second kappa shape index (κ2) is 17.4. The summed E-state index contributed by atoms with van der Waals surface area (Å²) >= 11 is 0. The highest BCUT2D eigenvalue weighted by Gasteiger charge is 2.04. The van der Waals surface area contributed by atoms with Crippen molar-refractivity contribution in [1.29, 1.82) is 0 Å². The molecule has 0 amide bonds. The van der Waals surface area contributed by atoms with Gasteiger partial charge in [-0.05, 0) is 38.9 Å². The molecule has 0 aliphatic carbocycles. The van der Waals surface area contributed by atoms with E-state index >= 15 is 0 Å². The number of hydrogen-bond acceptors (Lipinski definition) is 3. The molecule has 0 fully saturated rings. The molecule has 0 atom stereocenters. The highest BCUT2D eigenvalue weighted by molar-refractivity contribution is 5.49. The molecule has 0 radical (unpaired) electrons. The van der Waals surface area contributed by atoms with Crippen LogP contribution in [0.2, 0.25) is 0 Å². The minimum absolute atomic E-state index is 0.654. The van der Waals surface area contributed by atoms with Crippen molar-refractivity contribution in [1.82, 2.24) is 4.90 Å². The summed E-state index contributed by atoms with van der Waals surface area (Å²) in [7, 11) is 0. The lowest BCUT2D eigenvalue weighted by Crippen LogP contribution is -2.27. The summed E-state index contributed by atoms with van der Waals surface area (Å²) in [5.74, 6) is 0. The standard InChI is InChI=1S/C18H35NO2/c1-2-3-4-5-6-7-8-9-14-19(15-10-12-17-20)16-11-13-18-21/h17-18H,2-16H2,1H3. The number of rotatable bonds is 17. The van der Waals surface area contributed by atoms with Gasteiger partial charge in [0.1, 0.15) is 12.6 Å². The second-order valence-electron chi connectivity index (χ2n) is 5.93. The Kier molecular flexibility index (Phi) is 16.8. The summed E-state index contributed by atoms with van der Waals surface area (Å²) in [6.45, 7) is 5.36. The van der Waals surface area contributed by atoms with Crippen molar-refractivity contribution < 1.29 is 9.59 Å². The van der Waals surface area contributed by atoms with Crippen molar-refractivity contribution in [2.45, 2.75) is 84.0 Å². The van der Waals surface area contributed by atoms with Crippen LogP contribution >= 0.6 is 0 Å². The molecule has 0 aromatic carbocycles. The topological polar surface area (TPSA) is 37.4 Å². The Hall–Kier alpha value is -0.700. The first-order valence-corrected chi connectivity index (χ1v) is 8.94. The van der Waals surface area contributed by atoms with Gasteiger partial charge in [-0.1, -0.05) is 51.9 Å². The lowest BCUT2D eigenvalue weighted by molar-refractivity contribution is -0.108. The van der Waals surface area contributed by atoms with Crippen LogP contribution in [0.1, 0.15) is 84.0 Å². The first-order valence-electron chi connectivity index (χ1n) is 8.94. The molecule has 0 aromatic rings. The van der Waals surface area contributed by atoms with E-state index in [0.29, 0.717) is 12.8 Å². The van der Waals surface area contributed by atoms with E-state index in [2.05, 4.69) is 11.8 Å². The molecular formula is C18H35NO2. The fraction of sp³-hybridized carbons (Fsp3) is 0.889. The fourth-order valence-corrected chi connectivity index (χ4v) is 2.60. The Morgan fingerprint density at radius 3 is 1.52 bits per heavy atom. The Balaban J connectivity index is 3.58. The largest absolute Gasteiger partial charge is 0.303 e. The Labute approximate surface area is 131 Å². The molecule has 3 heteroatoms. The molecule has 0 bridgehead atoms. The van der Waals surface area contributed by atoms with Crippen LogP contribution in [0.15, 0.2) is 0 Å². The van der Waals surface area contributed by atoms with Crippen molar-refractivity contribution in [2.24, 2.45) is 0 Å². The van der Waals surface area contributed by atoms with Gasteiger partial charge in [0, 0.05) is 12.8 Å². The molecule has 0 saturated carbocycles. The summed E-state index contributed by atoms with van der Waals surface area (Å²) < 4.78 is 0. The van der Waals surface area contributed by atoms with Crippen LogP contribution in [0.3, 0.4) is 0 Å². The quantitative estimate of drug-likeness (QED) is 0.295. The average Bonchev–Trinajstić information content (AvgIpc) is 2.49. The lowest BCUT2D eigenvalue weighted by Gasteiger charge is -2.21. The zero-order valence-electron chi connectivity index (χ0n) is 14.0. The molecule has 0 heterocycles. The molecule has 0 saturated heterocycles. The molecule has 0 rings (SSSR count). The van der Waals surface area contributed by atoms with Gasteiger partial charge in [0.15, 0.2) is 0 Å². The minimum Gasteiger partial charge on any atom is -0.303 e. The summed E-state index contributed by atoms with van der Waals surface area (Å²) in [5, 5.41) is 0. The second-order valence-corrected chi connectivity index (χ2v) is 5.93. The molecular weight excluding hydrogens is 262 g/mol. The van der Waals surface area contributed by atoms with E-state index in [1.54, 1.807) is 0 Å². The third-order valence-corrected chi connectivity index (χ3v) is 3.92. The van der Waals surface area contributed by atoms with Crippen molar-refractivity contribution in [3.63, 3.8) is 0 Å². The van der Waals surface area contributed by atoms with Crippen LogP contribution in [0.4, 0.5) is 0 Å². The number of unbranched alkanes of at least 4 members (excludes halogenated alkanes) is 9. The number of aldehydes is 2. The van der Waals surface area contributed by atoms with Gasteiger partial charge in [0.2, 0.25) is 0 Å². The van der Waals surface area contributed by atoms with E-state index in [0.717, 1.165) is 45.0 Å². The Morgan fingerprint density at radius 1 is 0.619 bits per heavy atom. The highest BCUT2D eigenvalue weighted by atomic mass is 16.1. The van der Waals surface area contributed by atoms with Crippen molar-refractivity contribution in [3.8, 4) is 0 Å². The molecule has 0 aromatic heterocycles. The molecule has 3 nitrogen and oxygen atoms in total. The predicted molar refractivity (Wildman–Crippen MR) is 89.6 cm³/mol. The number of carbonyl (C=O) groups excluding carboxylic acids is 2. The smallest absolute Gasteiger partial charge is 0.120 e. The predicted octanol–water partition coefficient (Wildman–Crippen LogP) is 4.39. The maximum absolute atomic E-state index is 10.4. The van der Waals surface area contributed by atoms with Gasteiger partial charge in [0.25, 0.3) is 0 Å². The molecule has 124 valence electrons. The maximum Gasteiger partial charge on any atom is 0.120 e. The molecule has 0 unspecified atom stereocenters. The molecule has 0 spiro atoms. The monoisotopic (exact) mass is 297 g/mol. The van der Waals surface area contributed by atoms with E-state index in [-0.39, 0.29) is 0 Å². The lowest BCUT2D eigenvalue weighted by atomic mass is 10.1. The zero-order valence-corrected chi connectivity index (χ0v) is 14.0. The van der Waals surface area contributed by atoms with Crippen LogP contribution in [-0.2, 0) is 9.59 Å². The Bertz CT molecular complexity index is 217. The van der Waals surface area contributed by atoms with Crippen LogP contribution in [-0.4, -0.2) is 37.1 Å². The van der Waals surface area contributed by atoms with Crippen molar-refractivity contribution in [2.75, 3.05) is 19.6 Å². The van der Waals surface area contributed by atoms with Gasteiger partial charge in [0.05, 0.1) is 0 Å². The normalized spacial score (nSPS) is 11.0. The van der Waals surface area contributed by atoms with Crippen molar-refractivity contribution >= 4 is 12.6 Å². The van der Waals surface area contributed by atoms with E-state index < -0.39 is 0 Å². The third kappa shape index (κ3) is 15.5. The van der Waals surface area contributed by atoms with E-state index in [1.807, 2.05) is 0 Å². The third-order valence-electron chi connectivity index (χ3n) is 3.92. The summed E-state index contributed by atoms with van der Waals surface area (Å²) in [6, 6.07) is 0. The van der Waals surface area contributed by atoms with Gasteiger partial charge in [-0.25, -0.2) is 0 Å². The summed E-state index contributed by atoms with van der Waals surface area (Å²) in [4.78, 5) is 23.2. The number of nitrogens with zero attached hydrogens (tertiary/aromatic N) is 1. The van der Waals surface area contributed by atoms with Crippen LogP contribution < -0.4 is 0 Å². The van der Waals surface area contributed by atoms with Crippen LogP contribution in [0.25, 0.3) is 0 Å². The first kappa shape index (κ1) is 20.3. The van der Waals surface area contributed by atoms with E-state index in [1.165, 1.54) is 51.4 Å². The minimum atomic E-state index is 0.654. The van der Waals surface area contributed by atoms with Gasteiger partial charge < -0.3 is 14.5 Å². The molecule has 0 aliphatic heterocycles. The molecule has 21 heavy (non-hydrogen) atoms. The number of carbonyl (C=O) groups is 2. The van der Waals surface area contributed by atoms with Crippen LogP contribution in [0, 0.1) is 0 Å². The Morgan fingerprint density at radius 2 is 1.05 bits per heavy atom. The molecule has 0 N–H and O–H groups in total. The number of hydrogen-bond donors (Lipinski definition) is 0. The first-order chi connectivity index (χ1) is 10.3. The van der Waals surface area contributed by atoms with Gasteiger partial charge >= 0.3 is 0 Å². The van der Waals surface area contributed by atoms with Gasteiger partial charge in [-0.2, -0.15) is 0 Å². The van der Waals surface area contributed by atoms with E-state index in [9.17, 15) is 9.59 Å². The zero-order chi connectivity index (χ0) is 15.6.